The van der Waals surface area contributed by atoms with E-state index in [-0.39, 0.29) is 11.7 Å². The average molecular weight is 194 g/mol. The molecule has 1 aromatic heterocycles. The molecule has 0 amide bonds. The van der Waals surface area contributed by atoms with Gasteiger partial charge in [0.2, 0.25) is 0 Å². The predicted molar refractivity (Wildman–Crippen MR) is 56.2 cm³/mol. The Morgan fingerprint density at radius 1 is 1.57 bits per heavy atom. The predicted octanol–water partition coefficient (Wildman–Crippen LogP) is 2.12. The van der Waals surface area contributed by atoms with Gasteiger partial charge in [0.05, 0.1) is 18.6 Å². The number of Topliss-reactive ketones (excluding diaryl/α,β-unsaturated/α-hetero) is 1. The molecule has 1 heterocycles. The zero-order valence-corrected chi connectivity index (χ0v) is 9.37. The Kier molecular flexibility index (Phi) is 3.44. The third kappa shape index (κ3) is 2.22. The lowest BCUT2D eigenvalue weighted by Crippen LogP contribution is -2.17. The summed E-state index contributed by atoms with van der Waals surface area (Å²) in [5.41, 5.74) is 2.09. The van der Waals surface area contributed by atoms with Gasteiger partial charge in [-0.1, -0.05) is 13.8 Å². The molecule has 0 N–H and O–H groups in total. The van der Waals surface area contributed by atoms with Crippen LogP contribution in [0.2, 0.25) is 0 Å². The molecule has 1 rings (SSSR count). The Labute approximate surface area is 85.2 Å². The highest BCUT2D eigenvalue weighted by Gasteiger charge is 2.12. The number of hydrogen-bond donors (Lipinski definition) is 0. The van der Waals surface area contributed by atoms with Crippen LogP contribution in [0.5, 0.6) is 0 Å². The van der Waals surface area contributed by atoms with E-state index in [1.807, 2.05) is 32.3 Å². The van der Waals surface area contributed by atoms with E-state index in [2.05, 4.69) is 4.98 Å². The summed E-state index contributed by atoms with van der Waals surface area (Å²) in [4.78, 5) is 15.8. The lowest BCUT2D eigenvalue weighted by molar-refractivity contribution is -0.123. The molecule has 3 nitrogen and oxygen atoms in total. The van der Waals surface area contributed by atoms with Crippen molar-refractivity contribution >= 4 is 5.78 Å². The molecule has 1 unspecified atom stereocenters. The fraction of sp³-hybridized carbons (Fsp3) is 0.636. The number of hydrogen-bond acceptors (Lipinski definition) is 2. The van der Waals surface area contributed by atoms with Gasteiger partial charge >= 0.3 is 0 Å². The third-order valence-electron chi connectivity index (χ3n) is 2.83. The van der Waals surface area contributed by atoms with Crippen LogP contribution in [0.3, 0.4) is 0 Å². The highest BCUT2D eigenvalue weighted by Crippen LogP contribution is 2.08. The zero-order valence-electron chi connectivity index (χ0n) is 9.37. The number of rotatable bonds is 4. The maximum Gasteiger partial charge on any atom is 0.155 e. The van der Waals surface area contributed by atoms with Gasteiger partial charge in [-0.2, -0.15) is 0 Å². The molecule has 78 valence electrons. The number of aryl methyl sites for hydroxylation is 1. The van der Waals surface area contributed by atoms with E-state index < -0.39 is 0 Å². The summed E-state index contributed by atoms with van der Waals surface area (Å²) in [6.07, 6.45) is 2.65. The zero-order chi connectivity index (χ0) is 10.7. The van der Waals surface area contributed by atoms with Gasteiger partial charge in [0, 0.05) is 11.6 Å². The second kappa shape index (κ2) is 4.40. The first-order valence-electron chi connectivity index (χ1n) is 5.07. The van der Waals surface area contributed by atoms with Crippen LogP contribution in [-0.4, -0.2) is 15.3 Å². The minimum absolute atomic E-state index is 0.150. The number of imidazole rings is 1. The van der Waals surface area contributed by atoms with Crippen LogP contribution >= 0.6 is 0 Å². The highest BCUT2D eigenvalue weighted by atomic mass is 16.1. The normalized spacial score (nSPS) is 12.9. The quantitative estimate of drug-likeness (QED) is 0.735. The van der Waals surface area contributed by atoms with Gasteiger partial charge in [-0.25, -0.2) is 4.98 Å². The van der Waals surface area contributed by atoms with E-state index in [9.17, 15) is 4.79 Å². The van der Waals surface area contributed by atoms with Gasteiger partial charge < -0.3 is 4.57 Å². The molecular weight excluding hydrogens is 176 g/mol. The number of ketones is 1. The summed E-state index contributed by atoms with van der Waals surface area (Å²) in [6, 6.07) is 0. The minimum Gasteiger partial charge on any atom is -0.327 e. The van der Waals surface area contributed by atoms with Crippen molar-refractivity contribution in [3.63, 3.8) is 0 Å². The molecule has 0 radical (unpaired) electrons. The van der Waals surface area contributed by atoms with Crippen LogP contribution in [-0.2, 0) is 11.3 Å². The van der Waals surface area contributed by atoms with Crippen molar-refractivity contribution in [3.8, 4) is 0 Å². The van der Waals surface area contributed by atoms with Crippen molar-refractivity contribution in [2.45, 2.75) is 40.7 Å². The van der Waals surface area contributed by atoms with Crippen LogP contribution < -0.4 is 0 Å². The summed E-state index contributed by atoms with van der Waals surface area (Å²) in [5.74, 6) is 0.435. The molecule has 0 saturated carbocycles. The Balaban J connectivity index is 2.70. The summed E-state index contributed by atoms with van der Waals surface area (Å²) in [5, 5.41) is 0. The van der Waals surface area contributed by atoms with Gasteiger partial charge in [0.25, 0.3) is 0 Å². The first-order valence-corrected chi connectivity index (χ1v) is 5.07. The molecular formula is C11H18N2O. The lowest BCUT2D eigenvalue weighted by atomic mass is 10.0. The van der Waals surface area contributed by atoms with Gasteiger partial charge in [-0.05, 0) is 20.3 Å². The van der Waals surface area contributed by atoms with Crippen LogP contribution in [0.25, 0.3) is 0 Å². The first-order chi connectivity index (χ1) is 6.56. The number of carbonyl (C=O) groups excluding carboxylic acids is 1. The van der Waals surface area contributed by atoms with E-state index >= 15 is 0 Å². The van der Waals surface area contributed by atoms with Crippen molar-refractivity contribution in [1.29, 1.82) is 0 Å². The van der Waals surface area contributed by atoms with Crippen LogP contribution in [0.15, 0.2) is 6.33 Å². The van der Waals surface area contributed by atoms with E-state index in [1.165, 1.54) is 0 Å². The second-order valence-corrected chi connectivity index (χ2v) is 3.82. The van der Waals surface area contributed by atoms with Gasteiger partial charge in [-0.15, -0.1) is 0 Å². The largest absolute Gasteiger partial charge is 0.327 e. The molecule has 0 aliphatic rings. The smallest absolute Gasteiger partial charge is 0.155 e. The molecule has 3 heteroatoms. The maximum atomic E-state index is 11.7. The Morgan fingerprint density at radius 3 is 2.64 bits per heavy atom. The monoisotopic (exact) mass is 194 g/mol. The molecule has 1 aromatic rings. The standard InChI is InChI=1S/C11H18N2O/c1-5-8(2)11(14)6-13-7-12-9(3)10(13)4/h7-8H,5-6H2,1-4H3. The molecule has 14 heavy (non-hydrogen) atoms. The summed E-state index contributed by atoms with van der Waals surface area (Å²) in [6.45, 7) is 8.42. The van der Waals surface area contributed by atoms with E-state index in [0.717, 1.165) is 17.8 Å². The molecule has 1 atom stereocenters. The molecule has 0 spiro atoms. The summed E-state index contributed by atoms with van der Waals surface area (Å²) >= 11 is 0. The fourth-order valence-electron chi connectivity index (χ4n) is 1.25. The molecule has 0 fully saturated rings. The van der Waals surface area contributed by atoms with E-state index in [1.54, 1.807) is 6.33 Å². The van der Waals surface area contributed by atoms with Crippen molar-refractivity contribution in [2.75, 3.05) is 0 Å². The van der Waals surface area contributed by atoms with E-state index in [4.69, 9.17) is 0 Å². The van der Waals surface area contributed by atoms with Crippen LogP contribution in [0.4, 0.5) is 0 Å². The van der Waals surface area contributed by atoms with Crippen molar-refractivity contribution in [2.24, 2.45) is 5.92 Å². The third-order valence-corrected chi connectivity index (χ3v) is 2.83. The number of aromatic nitrogens is 2. The molecule has 0 saturated heterocycles. The average Bonchev–Trinajstić information content (AvgIpc) is 2.48. The Hall–Kier alpha value is -1.12. The Morgan fingerprint density at radius 2 is 2.21 bits per heavy atom. The van der Waals surface area contributed by atoms with E-state index in [0.29, 0.717) is 6.54 Å². The SMILES string of the molecule is CCC(C)C(=O)Cn1cnc(C)c1C. The van der Waals surface area contributed by atoms with Crippen molar-refractivity contribution < 1.29 is 4.79 Å². The van der Waals surface area contributed by atoms with Gasteiger partial charge in [0.1, 0.15) is 0 Å². The molecule has 0 aromatic carbocycles. The molecule has 0 aliphatic heterocycles. The number of nitrogens with zero attached hydrogens (tertiary/aromatic N) is 2. The van der Waals surface area contributed by atoms with Gasteiger partial charge in [0.15, 0.2) is 5.78 Å². The maximum absolute atomic E-state index is 11.7. The van der Waals surface area contributed by atoms with Crippen molar-refractivity contribution in [3.05, 3.63) is 17.7 Å². The molecule has 0 bridgehead atoms. The van der Waals surface area contributed by atoms with Gasteiger partial charge in [-0.3, -0.25) is 4.79 Å². The first kappa shape index (κ1) is 11.0. The summed E-state index contributed by atoms with van der Waals surface area (Å²) in [7, 11) is 0. The van der Waals surface area contributed by atoms with Crippen molar-refractivity contribution in [1.82, 2.24) is 9.55 Å². The second-order valence-electron chi connectivity index (χ2n) is 3.82. The highest BCUT2D eigenvalue weighted by molar-refractivity contribution is 5.80. The van der Waals surface area contributed by atoms with Crippen LogP contribution in [0.1, 0.15) is 31.7 Å². The summed E-state index contributed by atoms with van der Waals surface area (Å²) < 4.78 is 1.92. The Bertz CT molecular complexity index is 328. The lowest BCUT2D eigenvalue weighted by Gasteiger charge is -2.09. The fourth-order valence-corrected chi connectivity index (χ4v) is 1.25. The topological polar surface area (TPSA) is 34.9 Å². The molecule has 0 aliphatic carbocycles. The minimum atomic E-state index is 0.150. The van der Waals surface area contributed by atoms with Crippen LogP contribution in [0, 0.1) is 19.8 Å². The number of carbonyl (C=O) groups is 1.